The highest BCUT2D eigenvalue weighted by Gasteiger charge is 2.15. The Hall–Kier alpha value is -1.61. The fourth-order valence-electron chi connectivity index (χ4n) is 2.82. The van der Waals surface area contributed by atoms with Gasteiger partial charge in [-0.1, -0.05) is 36.2 Å². The molecule has 1 aromatic carbocycles. The molecule has 0 aliphatic heterocycles. The van der Waals surface area contributed by atoms with Gasteiger partial charge in [0.15, 0.2) is 0 Å². The molecule has 0 radical (unpaired) electrons. The Kier molecular flexibility index (Phi) is 4.61. The lowest BCUT2D eigenvalue weighted by molar-refractivity contribution is 0.536. The molecule has 0 spiro atoms. The summed E-state index contributed by atoms with van der Waals surface area (Å²) in [5.41, 5.74) is 6.44. The minimum absolute atomic E-state index is 0.300. The van der Waals surface area contributed by atoms with Gasteiger partial charge in [0.2, 0.25) is 0 Å². The summed E-state index contributed by atoms with van der Waals surface area (Å²) in [6.07, 6.45) is 1.97. The lowest BCUT2D eigenvalue weighted by Crippen LogP contribution is -2.21. The van der Waals surface area contributed by atoms with Crippen LogP contribution in [0.2, 0.25) is 0 Å². The van der Waals surface area contributed by atoms with E-state index in [2.05, 4.69) is 55.5 Å². The summed E-state index contributed by atoms with van der Waals surface area (Å²) in [4.78, 5) is 0. The van der Waals surface area contributed by atoms with E-state index >= 15 is 0 Å². The van der Waals surface area contributed by atoms with Crippen LogP contribution in [-0.4, -0.2) is 16.8 Å². The molecular formula is C17H25N3. The third-order valence-corrected chi connectivity index (χ3v) is 3.76. The molecule has 2 aromatic rings. The van der Waals surface area contributed by atoms with Crippen molar-refractivity contribution in [1.82, 2.24) is 15.1 Å². The maximum atomic E-state index is 4.55. The van der Waals surface area contributed by atoms with Crippen LogP contribution in [0.15, 0.2) is 24.3 Å². The molecular weight excluding hydrogens is 246 g/mol. The Morgan fingerprint density at radius 2 is 1.80 bits per heavy atom. The Bertz CT molecular complexity index is 564. The average molecular weight is 271 g/mol. The van der Waals surface area contributed by atoms with Crippen molar-refractivity contribution in [3.05, 3.63) is 52.3 Å². The molecule has 0 bridgehead atoms. The summed E-state index contributed by atoms with van der Waals surface area (Å²) in [5, 5.41) is 7.97. The lowest BCUT2D eigenvalue weighted by atomic mass is 9.99. The molecule has 0 aliphatic rings. The zero-order valence-corrected chi connectivity index (χ0v) is 13.2. The maximum Gasteiger partial charge on any atom is 0.0625 e. The fraction of sp³-hybridized carbons (Fsp3) is 0.471. The van der Waals surface area contributed by atoms with Crippen molar-refractivity contribution in [1.29, 1.82) is 0 Å². The predicted octanol–water partition coefficient (Wildman–Crippen LogP) is 3.10. The van der Waals surface area contributed by atoms with E-state index in [1.54, 1.807) is 0 Å². The van der Waals surface area contributed by atoms with E-state index in [9.17, 15) is 0 Å². The predicted molar refractivity (Wildman–Crippen MR) is 84.0 cm³/mol. The molecule has 1 aromatic heterocycles. The number of hydrogen-bond acceptors (Lipinski definition) is 2. The van der Waals surface area contributed by atoms with Crippen LogP contribution >= 0.6 is 0 Å². The molecule has 0 fully saturated rings. The van der Waals surface area contributed by atoms with Gasteiger partial charge in [0.05, 0.1) is 17.4 Å². The number of likely N-dealkylation sites (N-methyl/N-ethyl adjacent to an activating group) is 1. The van der Waals surface area contributed by atoms with Gasteiger partial charge in [-0.25, -0.2) is 0 Å². The van der Waals surface area contributed by atoms with Crippen molar-refractivity contribution in [2.24, 2.45) is 7.05 Å². The highest BCUT2D eigenvalue weighted by Crippen LogP contribution is 2.20. The minimum Gasteiger partial charge on any atom is -0.311 e. The second-order valence-electron chi connectivity index (χ2n) is 5.58. The topological polar surface area (TPSA) is 29.9 Å². The number of nitrogens with one attached hydrogen (secondary N) is 1. The van der Waals surface area contributed by atoms with Crippen molar-refractivity contribution >= 4 is 0 Å². The molecule has 2 rings (SSSR count). The van der Waals surface area contributed by atoms with Crippen LogP contribution in [0, 0.1) is 13.8 Å². The van der Waals surface area contributed by atoms with Gasteiger partial charge in [-0.15, -0.1) is 0 Å². The molecule has 1 atom stereocenters. The number of aromatic nitrogens is 2. The lowest BCUT2D eigenvalue weighted by Gasteiger charge is -2.17. The molecule has 0 saturated carbocycles. The summed E-state index contributed by atoms with van der Waals surface area (Å²) in [6, 6.07) is 9.28. The number of hydrogen-bond donors (Lipinski definition) is 1. The molecule has 0 amide bonds. The first-order chi connectivity index (χ1) is 9.53. The van der Waals surface area contributed by atoms with Crippen molar-refractivity contribution in [3.63, 3.8) is 0 Å². The molecule has 3 nitrogen and oxygen atoms in total. The van der Waals surface area contributed by atoms with Crippen molar-refractivity contribution in [2.75, 3.05) is 7.05 Å². The van der Waals surface area contributed by atoms with Crippen LogP contribution in [-0.2, 0) is 19.9 Å². The largest absolute Gasteiger partial charge is 0.311 e. The number of aryl methyl sites for hydroxylation is 4. The quantitative estimate of drug-likeness (QED) is 0.905. The third kappa shape index (κ3) is 3.28. The zero-order chi connectivity index (χ0) is 14.7. The highest BCUT2D eigenvalue weighted by molar-refractivity contribution is 5.30. The molecule has 0 aliphatic carbocycles. The Balaban J connectivity index is 2.25. The van der Waals surface area contributed by atoms with Gasteiger partial charge in [0.25, 0.3) is 0 Å². The average Bonchev–Trinajstić information content (AvgIpc) is 2.76. The molecule has 20 heavy (non-hydrogen) atoms. The minimum atomic E-state index is 0.300. The van der Waals surface area contributed by atoms with Crippen LogP contribution in [0.25, 0.3) is 0 Å². The number of nitrogens with zero attached hydrogens (tertiary/aromatic N) is 2. The van der Waals surface area contributed by atoms with E-state index in [4.69, 9.17) is 0 Å². The zero-order valence-electron chi connectivity index (χ0n) is 13.2. The third-order valence-electron chi connectivity index (χ3n) is 3.76. The van der Waals surface area contributed by atoms with E-state index in [0.717, 1.165) is 18.5 Å². The van der Waals surface area contributed by atoms with E-state index in [1.807, 2.05) is 18.8 Å². The second kappa shape index (κ2) is 6.23. The van der Waals surface area contributed by atoms with Crippen molar-refractivity contribution in [3.8, 4) is 0 Å². The van der Waals surface area contributed by atoms with Gasteiger partial charge >= 0.3 is 0 Å². The van der Waals surface area contributed by atoms with Crippen LogP contribution in [0.5, 0.6) is 0 Å². The van der Waals surface area contributed by atoms with Gasteiger partial charge in [-0.2, -0.15) is 5.10 Å². The Morgan fingerprint density at radius 1 is 1.15 bits per heavy atom. The molecule has 1 N–H and O–H groups in total. The summed E-state index contributed by atoms with van der Waals surface area (Å²) in [7, 11) is 4.05. The molecule has 108 valence electrons. The maximum absolute atomic E-state index is 4.55. The first-order valence-electron chi connectivity index (χ1n) is 7.30. The smallest absolute Gasteiger partial charge is 0.0625 e. The summed E-state index contributed by atoms with van der Waals surface area (Å²) < 4.78 is 2.00. The second-order valence-corrected chi connectivity index (χ2v) is 5.58. The highest BCUT2D eigenvalue weighted by atomic mass is 15.3. The summed E-state index contributed by atoms with van der Waals surface area (Å²) in [5.74, 6) is 0. The van der Waals surface area contributed by atoms with E-state index in [1.165, 1.54) is 22.4 Å². The van der Waals surface area contributed by atoms with Crippen LogP contribution < -0.4 is 5.32 Å². The normalized spacial score (nSPS) is 12.7. The van der Waals surface area contributed by atoms with Gasteiger partial charge in [-0.3, -0.25) is 4.68 Å². The standard InChI is InChI=1S/C17H25N3/c1-6-15-11-17(20(5)19-15)16(18-4)10-14-8-12(2)7-13(3)9-14/h7-9,11,16,18H,6,10H2,1-5H3. The van der Waals surface area contributed by atoms with E-state index in [-0.39, 0.29) is 0 Å². The van der Waals surface area contributed by atoms with Gasteiger partial charge in [0, 0.05) is 7.05 Å². The number of benzene rings is 1. The monoisotopic (exact) mass is 271 g/mol. The van der Waals surface area contributed by atoms with Crippen LogP contribution in [0.4, 0.5) is 0 Å². The fourth-order valence-corrected chi connectivity index (χ4v) is 2.82. The van der Waals surface area contributed by atoms with Crippen molar-refractivity contribution in [2.45, 2.75) is 39.7 Å². The number of rotatable bonds is 5. The SMILES string of the molecule is CCc1cc(C(Cc2cc(C)cc(C)c2)NC)n(C)n1. The first-order valence-corrected chi connectivity index (χ1v) is 7.30. The van der Waals surface area contributed by atoms with E-state index < -0.39 is 0 Å². The van der Waals surface area contributed by atoms with Gasteiger partial charge < -0.3 is 5.32 Å². The summed E-state index contributed by atoms with van der Waals surface area (Å²) in [6.45, 7) is 6.46. The summed E-state index contributed by atoms with van der Waals surface area (Å²) >= 11 is 0. The molecule has 0 saturated heterocycles. The first kappa shape index (κ1) is 14.8. The molecule has 3 heteroatoms. The van der Waals surface area contributed by atoms with Crippen LogP contribution in [0.1, 0.15) is 41.0 Å². The van der Waals surface area contributed by atoms with Crippen molar-refractivity contribution < 1.29 is 0 Å². The van der Waals surface area contributed by atoms with Gasteiger partial charge in [0.1, 0.15) is 0 Å². The molecule has 1 heterocycles. The molecule has 1 unspecified atom stereocenters. The Labute approximate surface area is 122 Å². The Morgan fingerprint density at radius 3 is 2.30 bits per heavy atom. The van der Waals surface area contributed by atoms with E-state index in [0.29, 0.717) is 6.04 Å². The van der Waals surface area contributed by atoms with Crippen LogP contribution in [0.3, 0.4) is 0 Å². The van der Waals surface area contributed by atoms with Gasteiger partial charge in [-0.05, 0) is 45.4 Å².